The summed E-state index contributed by atoms with van der Waals surface area (Å²) < 4.78 is 0. The van der Waals surface area contributed by atoms with Crippen LogP contribution >= 0.6 is 11.6 Å². The molecule has 0 spiro atoms. The van der Waals surface area contributed by atoms with E-state index in [1.807, 2.05) is 30.9 Å². The number of likely N-dealkylation sites (tertiary alicyclic amines) is 1. The highest BCUT2D eigenvalue weighted by atomic mass is 35.5. The highest BCUT2D eigenvalue weighted by molar-refractivity contribution is 6.30. The maximum atomic E-state index is 13.8. The van der Waals surface area contributed by atoms with Crippen molar-refractivity contribution in [1.29, 1.82) is 0 Å². The molecule has 3 aromatic rings. The molecule has 0 bridgehead atoms. The summed E-state index contributed by atoms with van der Waals surface area (Å²) in [5.74, 6) is 0.839. The van der Waals surface area contributed by atoms with Crippen molar-refractivity contribution >= 4 is 23.5 Å². The zero-order valence-corrected chi connectivity index (χ0v) is 18.7. The Morgan fingerprint density at radius 1 is 1.19 bits per heavy atom. The van der Waals surface area contributed by atoms with E-state index in [2.05, 4.69) is 32.4 Å². The zero-order chi connectivity index (χ0) is 22.0. The molecule has 1 amide bonds. The number of hydrogen-bond donors (Lipinski definition) is 1. The second-order valence-corrected chi connectivity index (χ2v) is 8.52. The van der Waals surface area contributed by atoms with Gasteiger partial charge in [-0.15, -0.1) is 0 Å². The Kier molecular flexibility index (Phi) is 6.18. The Morgan fingerprint density at radius 3 is 2.61 bits per heavy atom. The van der Waals surface area contributed by atoms with E-state index in [0.717, 1.165) is 29.7 Å². The molecule has 1 aliphatic heterocycles. The Balaban J connectivity index is 1.63. The lowest BCUT2D eigenvalue weighted by Crippen LogP contribution is -2.51. The molecule has 0 saturated carbocycles. The number of carbonyl (C=O) groups excluding carboxylic acids is 1. The van der Waals surface area contributed by atoms with Crippen molar-refractivity contribution in [2.75, 3.05) is 18.4 Å². The molecule has 4 rings (SSSR count). The van der Waals surface area contributed by atoms with Gasteiger partial charge in [-0.05, 0) is 49.8 Å². The van der Waals surface area contributed by atoms with Crippen LogP contribution in [0.3, 0.4) is 0 Å². The second-order valence-electron chi connectivity index (χ2n) is 8.09. The molecule has 1 aromatic carbocycles. The summed E-state index contributed by atoms with van der Waals surface area (Å²) in [7, 11) is 0. The number of aromatic nitrogens is 5. The van der Waals surface area contributed by atoms with Gasteiger partial charge in [-0.2, -0.15) is 15.0 Å². The van der Waals surface area contributed by atoms with E-state index in [4.69, 9.17) is 11.6 Å². The minimum atomic E-state index is -0.00512. The molecule has 3 heterocycles. The first-order valence-electron chi connectivity index (χ1n) is 10.4. The number of hydrogen-bond acceptors (Lipinski definition) is 6. The fourth-order valence-corrected chi connectivity index (χ4v) is 4.38. The minimum Gasteiger partial charge on any atom is -0.352 e. The SMILES string of the molecule is Cc1cc(C)c(-n2nccn2)c(C(=O)N2CCCC(C)C2CNc2ncc(Cl)cn2)c1. The van der Waals surface area contributed by atoms with Crippen molar-refractivity contribution in [1.82, 2.24) is 29.9 Å². The lowest BCUT2D eigenvalue weighted by atomic mass is 9.89. The number of piperidine rings is 1. The van der Waals surface area contributed by atoms with Gasteiger partial charge in [0.15, 0.2) is 0 Å². The van der Waals surface area contributed by atoms with E-state index in [0.29, 0.717) is 35.5 Å². The van der Waals surface area contributed by atoms with Crippen LogP contribution in [-0.2, 0) is 0 Å². The molecular formula is C22H26ClN7O. The first-order valence-corrected chi connectivity index (χ1v) is 10.8. The summed E-state index contributed by atoms with van der Waals surface area (Å²) >= 11 is 5.88. The van der Waals surface area contributed by atoms with Crippen LogP contribution in [-0.4, -0.2) is 54.9 Å². The van der Waals surface area contributed by atoms with Gasteiger partial charge in [0.2, 0.25) is 5.95 Å². The largest absolute Gasteiger partial charge is 0.352 e. The summed E-state index contributed by atoms with van der Waals surface area (Å²) in [4.78, 5) is 25.7. The molecule has 2 unspecified atom stereocenters. The molecule has 8 nitrogen and oxygen atoms in total. The van der Waals surface area contributed by atoms with Crippen molar-refractivity contribution in [2.24, 2.45) is 5.92 Å². The van der Waals surface area contributed by atoms with E-state index in [9.17, 15) is 4.79 Å². The summed E-state index contributed by atoms with van der Waals surface area (Å²) in [6.07, 6.45) is 8.40. The second kappa shape index (κ2) is 9.01. The van der Waals surface area contributed by atoms with Crippen LogP contribution in [0.5, 0.6) is 0 Å². The maximum absolute atomic E-state index is 13.8. The van der Waals surface area contributed by atoms with E-state index in [1.54, 1.807) is 24.8 Å². The molecule has 1 aliphatic rings. The standard InChI is InChI=1S/C22H26ClN7O/c1-14-9-16(3)20(30-27-6-7-28-30)18(10-14)21(31)29-8-4-5-15(2)19(29)13-26-22-24-11-17(23)12-25-22/h6-7,9-12,15,19H,4-5,8,13H2,1-3H3,(H,24,25,26). The number of anilines is 1. The number of rotatable bonds is 5. The fourth-order valence-electron chi connectivity index (χ4n) is 4.29. The highest BCUT2D eigenvalue weighted by Gasteiger charge is 2.34. The maximum Gasteiger partial charge on any atom is 0.256 e. The average molecular weight is 440 g/mol. The smallest absolute Gasteiger partial charge is 0.256 e. The number of nitrogens with one attached hydrogen (secondary N) is 1. The van der Waals surface area contributed by atoms with Crippen molar-refractivity contribution in [3.8, 4) is 5.69 Å². The molecule has 0 radical (unpaired) electrons. The van der Waals surface area contributed by atoms with Gasteiger partial charge in [-0.3, -0.25) is 4.79 Å². The number of aryl methyl sites for hydroxylation is 2. The van der Waals surface area contributed by atoms with Gasteiger partial charge < -0.3 is 10.2 Å². The van der Waals surface area contributed by atoms with Crippen LogP contribution in [0.15, 0.2) is 36.9 Å². The summed E-state index contributed by atoms with van der Waals surface area (Å²) in [6.45, 7) is 7.44. The lowest BCUT2D eigenvalue weighted by Gasteiger charge is -2.40. The molecule has 1 fully saturated rings. The van der Waals surface area contributed by atoms with Gasteiger partial charge in [0.25, 0.3) is 5.91 Å². The number of benzene rings is 1. The van der Waals surface area contributed by atoms with Crippen LogP contribution in [0.4, 0.5) is 5.95 Å². The molecule has 162 valence electrons. The predicted molar refractivity (Wildman–Crippen MR) is 120 cm³/mol. The summed E-state index contributed by atoms with van der Waals surface area (Å²) in [5, 5.41) is 12.3. The zero-order valence-electron chi connectivity index (χ0n) is 17.9. The van der Waals surface area contributed by atoms with Crippen molar-refractivity contribution in [3.05, 3.63) is 58.6 Å². The molecule has 1 N–H and O–H groups in total. The van der Waals surface area contributed by atoms with Crippen LogP contribution in [0.1, 0.15) is 41.3 Å². The first-order chi connectivity index (χ1) is 14.9. The van der Waals surface area contributed by atoms with E-state index >= 15 is 0 Å². The lowest BCUT2D eigenvalue weighted by molar-refractivity contribution is 0.0539. The van der Waals surface area contributed by atoms with Crippen LogP contribution in [0.2, 0.25) is 5.02 Å². The fraction of sp³-hybridized carbons (Fsp3) is 0.409. The molecular weight excluding hydrogens is 414 g/mol. The summed E-state index contributed by atoms with van der Waals surface area (Å²) in [5.41, 5.74) is 3.35. The molecule has 0 aliphatic carbocycles. The van der Waals surface area contributed by atoms with Crippen LogP contribution < -0.4 is 5.32 Å². The molecule has 9 heteroatoms. The topological polar surface area (TPSA) is 88.8 Å². The van der Waals surface area contributed by atoms with Gasteiger partial charge in [0.1, 0.15) is 5.69 Å². The molecule has 2 atom stereocenters. The van der Waals surface area contributed by atoms with Crippen molar-refractivity contribution in [3.63, 3.8) is 0 Å². The number of carbonyl (C=O) groups is 1. The third-order valence-corrected chi connectivity index (χ3v) is 5.96. The Hall–Kier alpha value is -3.00. The quantitative estimate of drug-likeness (QED) is 0.652. The van der Waals surface area contributed by atoms with E-state index in [1.165, 1.54) is 4.80 Å². The third-order valence-electron chi connectivity index (χ3n) is 5.76. The summed E-state index contributed by atoms with van der Waals surface area (Å²) in [6, 6.07) is 3.99. The molecule has 1 saturated heterocycles. The monoisotopic (exact) mass is 439 g/mol. The molecule has 2 aromatic heterocycles. The Morgan fingerprint density at radius 2 is 1.90 bits per heavy atom. The number of nitrogens with zero attached hydrogens (tertiary/aromatic N) is 6. The van der Waals surface area contributed by atoms with Gasteiger partial charge in [-0.1, -0.05) is 24.6 Å². The number of amides is 1. The predicted octanol–water partition coefficient (Wildman–Crippen LogP) is 3.68. The Labute approximate surface area is 186 Å². The van der Waals surface area contributed by atoms with Crippen LogP contribution in [0.25, 0.3) is 5.69 Å². The van der Waals surface area contributed by atoms with Gasteiger partial charge >= 0.3 is 0 Å². The van der Waals surface area contributed by atoms with Crippen molar-refractivity contribution in [2.45, 2.75) is 39.7 Å². The van der Waals surface area contributed by atoms with Crippen LogP contribution in [0, 0.1) is 19.8 Å². The number of halogens is 1. The van der Waals surface area contributed by atoms with Gasteiger partial charge in [0, 0.05) is 13.1 Å². The van der Waals surface area contributed by atoms with Gasteiger partial charge in [0.05, 0.1) is 41.4 Å². The van der Waals surface area contributed by atoms with Crippen molar-refractivity contribution < 1.29 is 4.79 Å². The molecule has 31 heavy (non-hydrogen) atoms. The Bertz CT molecular complexity index is 1050. The normalized spacial score (nSPS) is 18.8. The first kappa shape index (κ1) is 21.2. The van der Waals surface area contributed by atoms with E-state index in [-0.39, 0.29) is 11.9 Å². The van der Waals surface area contributed by atoms with Gasteiger partial charge in [-0.25, -0.2) is 9.97 Å². The third kappa shape index (κ3) is 4.54. The highest BCUT2D eigenvalue weighted by Crippen LogP contribution is 2.28. The van der Waals surface area contributed by atoms with E-state index < -0.39 is 0 Å². The minimum absolute atomic E-state index is 0.00512. The average Bonchev–Trinajstić information content (AvgIpc) is 3.27.